The summed E-state index contributed by atoms with van der Waals surface area (Å²) in [6.07, 6.45) is 2.12. The largest absolute Gasteiger partial charge is 0.481 e. The Morgan fingerprint density at radius 3 is 2.94 bits per heavy atom. The fourth-order valence-corrected chi connectivity index (χ4v) is 2.01. The molecular formula is C12H14N2O4. The molecule has 6 heteroatoms. The Morgan fingerprint density at radius 2 is 2.33 bits per heavy atom. The van der Waals surface area contributed by atoms with Gasteiger partial charge in [-0.1, -0.05) is 0 Å². The topological polar surface area (TPSA) is 79.7 Å². The number of carboxylic acid groups (broad SMARTS) is 1. The summed E-state index contributed by atoms with van der Waals surface area (Å²) in [5.41, 5.74) is 0.418. The summed E-state index contributed by atoms with van der Waals surface area (Å²) in [7, 11) is 1.32. The second kappa shape index (κ2) is 5.03. The summed E-state index contributed by atoms with van der Waals surface area (Å²) < 4.78 is 4.63. The second-order valence-corrected chi connectivity index (χ2v) is 4.16. The van der Waals surface area contributed by atoms with Gasteiger partial charge in [-0.2, -0.15) is 0 Å². The maximum Gasteiger partial charge on any atom is 0.338 e. The quantitative estimate of drug-likeness (QED) is 0.798. The van der Waals surface area contributed by atoms with Crippen LogP contribution >= 0.6 is 0 Å². The number of esters is 1. The van der Waals surface area contributed by atoms with Crippen LogP contribution in [-0.4, -0.2) is 42.2 Å². The van der Waals surface area contributed by atoms with Gasteiger partial charge in [0.2, 0.25) is 0 Å². The first-order valence-corrected chi connectivity index (χ1v) is 5.64. The van der Waals surface area contributed by atoms with Gasteiger partial charge in [0, 0.05) is 19.3 Å². The van der Waals surface area contributed by atoms with Crippen LogP contribution in [0.3, 0.4) is 0 Å². The first-order valence-electron chi connectivity index (χ1n) is 5.64. The summed E-state index contributed by atoms with van der Waals surface area (Å²) in [4.78, 5) is 28.3. The number of anilines is 1. The lowest BCUT2D eigenvalue weighted by atomic mass is 10.1. The van der Waals surface area contributed by atoms with E-state index in [4.69, 9.17) is 5.11 Å². The SMILES string of the molecule is COC(=O)c1ccnc(N2CCC(C(=O)O)C2)c1. The van der Waals surface area contributed by atoms with E-state index in [2.05, 4.69) is 9.72 Å². The van der Waals surface area contributed by atoms with Gasteiger partial charge in [-0.15, -0.1) is 0 Å². The molecule has 18 heavy (non-hydrogen) atoms. The van der Waals surface area contributed by atoms with Crippen LogP contribution in [0.1, 0.15) is 16.8 Å². The minimum Gasteiger partial charge on any atom is -0.481 e. The molecule has 6 nitrogen and oxygen atoms in total. The lowest BCUT2D eigenvalue weighted by Crippen LogP contribution is -2.23. The smallest absolute Gasteiger partial charge is 0.338 e. The molecular weight excluding hydrogens is 236 g/mol. The molecule has 0 radical (unpaired) electrons. The van der Waals surface area contributed by atoms with Gasteiger partial charge in [0.25, 0.3) is 0 Å². The lowest BCUT2D eigenvalue weighted by Gasteiger charge is -2.17. The molecule has 1 fully saturated rings. The standard InChI is InChI=1S/C12H14N2O4/c1-18-12(17)8-2-4-13-10(6-8)14-5-3-9(7-14)11(15)16/h2,4,6,9H,3,5,7H2,1H3,(H,15,16). The third-order valence-corrected chi connectivity index (χ3v) is 3.03. The molecule has 2 rings (SSSR count). The molecule has 0 aromatic carbocycles. The van der Waals surface area contributed by atoms with E-state index in [1.54, 1.807) is 12.1 Å². The minimum atomic E-state index is -0.790. The van der Waals surface area contributed by atoms with Crippen molar-refractivity contribution in [2.45, 2.75) is 6.42 Å². The third-order valence-electron chi connectivity index (χ3n) is 3.03. The highest BCUT2D eigenvalue weighted by molar-refractivity contribution is 5.90. The fourth-order valence-electron chi connectivity index (χ4n) is 2.01. The molecule has 96 valence electrons. The lowest BCUT2D eigenvalue weighted by molar-refractivity contribution is -0.140. The van der Waals surface area contributed by atoms with Crippen LogP contribution in [0.5, 0.6) is 0 Å². The Hall–Kier alpha value is -2.11. The van der Waals surface area contributed by atoms with Crippen LogP contribution in [0.25, 0.3) is 0 Å². The Bertz CT molecular complexity index is 475. The van der Waals surface area contributed by atoms with E-state index in [1.165, 1.54) is 13.3 Å². The van der Waals surface area contributed by atoms with Gasteiger partial charge < -0.3 is 14.7 Å². The molecule has 1 N–H and O–H groups in total. The van der Waals surface area contributed by atoms with E-state index in [9.17, 15) is 9.59 Å². The highest BCUT2D eigenvalue weighted by Gasteiger charge is 2.28. The van der Waals surface area contributed by atoms with E-state index >= 15 is 0 Å². The number of pyridine rings is 1. The van der Waals surface area contributed by atoms with Crippen LogP contribution in [0, 0.1) is 5.92 Å². The molecule has 1 saturated heterocycles. The van der Waals surface area contributed by atoms with Crippen molar-refractivity contribution in [3.05, 3.63) is 23.9 Å². The van der Waals surface area contributed by atoms with Gasteiger partial charge in [0.15, 0.2) is 0 Å². The van der Waals surface area contributed by atoms with E-state index in [0.29, 0.717) is 30.9 Å². The number of carbonyl (C=O) groups is 2. The average Bonchev–Trinajstić information content (AvgIpc) is 2.88. The molecule has 1 aliphatic heterocycles. The van der Waals surface area contributed by atoms with Gasteiger partial charge in [0.1, 0.15) is 5.82 Å². The highest BCUT2D eigenvalue weighted by atomic mass is 16.5. The van der Waals surface area contributed by atoms with Crippen molar-refractivity contribution in [2.24, 2.45) is 5.92 Å². The van der Waals surface area contributed by atoms with Crippen molar-refractivity contribution in [2.75, 3.05) is 25.1 Å². The van der Waals surface area contributed by atoms with E-state index in [1.807, 2.05) is 4.90 Å². The van der Waals surface area contributed by atoms with Gasteiger partial charge in [-0.3, -0.25) is 4.79 Å². The normalized spacial score (nSPS) is 18.7. The van der Waals surface area contributed by atoms with Crippen molar-refractivity contribution >= 4 is 17.8 Å². The molecule has 1 atom stereocenters. The van der Waals surface area contributed by atoms with Crippen molar-refractivity contribution < 1.29 is 19.4 Å². The molecule has 0 amide bonds. The van der Waals surface area contributed by atoms with Crippen LogP contribution in [0.2, 0.25) is 0 Å². The Morgan fingerprint density at radius 1 is 1.56 bits per heavy atom. The first-order chi connectivity index (χ1) is 8.61. The highest BCUT2D eigenvalue weighted by Crippen LogP contribution is 2.22. The number of aliphatic carboxylic acids is 1. The van der Waals surface area contributed by atoms with Crippen LogP contribution < -0.4 is 4.90 Å². The molecule has 2 heterocycles. The summed E-state index contributed by atoms with van der Waals surface area (Å²) >= 11 is 0. The summed E-state index contributed by atoms with van der Waals surface area (Å²) in [5.74, 6) is -0.968. The monoisotopic (exact) mass is 250 g/mol. The maximum absolute atomic E-state index is 11.4. The van der Waals surface area contributed by atoms with Crippen LogP contribution in [-0.2, 0) is 9.53 Å². The Labute approximate surface area is 104 Å². The van der Waals surface area contributed by atoms with Gasteiger partial charge >= 0.3 is 11.9 Å². The van der Waals surface area contributed by atoms with Crippen molar-refractivity contribution in [3.8, 4) is 0 Å². The number of aromatic nitrogens is 1. The number of ether oxygens (including phenoxy) is 1. The number of carboxylic acids is 1. The van der Waals surface area contributed by atoms with Crippen molar-refractivity contribution in [1.29, 1.82) is 0 Å². The third kappa shape index (κ3) is 2.42. The van der Waals surface area contributed by atoms with E-state index in [0.717, 1.165) is 0 Å². The van der Waals surface area contributed by atoms with Gasteiger partial charge in [-0.25, -0.2) is 9.78 Å². The number of hydrogen-bond acceptors (Lipinski definition) is 5. The molecule has 1 aliphatic rings. The Balaban J connectivity index is 2.15. The van der Waals surface area contributed by atoms with Gasteiger partial charge in [0.05, 0.1) is 18.6 Å². The number of hydrogen-bond donors (Lipinski definition) is 1. The molecule has 0 aliphatic carbocycles. The Kier molecular flexibility index (Phi) is 3.45. The van der Waals surface area contributed by atoms with Crippen molar-refractivity contribution in [3.63, 3.8) is 0 Å². The fraction of sp³-hybridized carbons (Fsp3) is 0.417. The average molecular weight is 250 g/mol. The van der Waals surface area contributed by atoms with E-state index < -0.39 is 11.9 Å². The second-order valence-electron chi connectivity index (χ2n) is 4.16. The number of rotatable bonds is 3. The van der Waals surface area contributed by atoms with E-state index in [-0.39, 0.29) is 5.92 Å². The predicted molar refractivity (Wildman–Crippen MR) is 63.5 cm³/mol. The number of carbonyl (C=O) groups excluding carboxylic acids is 1. The maximum atomic E-state index is 11.4. The molecule has 1 unspecified atom stereocenters. The number of nitrogens with zero attached hydrogens (tertiary/aromatic N) is 2. The minimum absolute atomic E-state index is 0.367. The van der Waals surface area contributed by atoms with Gasteiger partial charge in [-0.05, 0) is 18.6 Å². The summed E-state index contributed by atoms with van der Waals surface area (Å²) in [6, 6.07) is 3.19. The molecule has 0 saturated carbocycles. The number of methoxy groups -OCH3 is 1. The molecule has 1 aromatic heterocycles. The zero-order chi connectivity index (χ0) is 13.1. The van der Waals surface area contributed by atoms with Crippen molar-refractivity contribution in [1.82, 2.24) is 4.98 Å². The van der Waals surface area contributed by atoms with Crippen LogP contribution in [0.4, 0.5) is 5.82 Å². The zero-order valence-corrected chi connectivity index (χ0v) is 10.00. The summed E-state index contributed by atoms with van der Waals surface area (Å²) in [5, 5.41) is 8.94. The van der Waals surface area contributed by atoms with Crippen LogP contribution in [0.15, 0.2) is 18.3 Å². The zero-order valence-electron chi connectivity index (χ0n) is 10.00. The predicted octanol–water partition coefficient (Wildman–Crippen LogP) is 0.779. The summed E-state index contributed by atoms with van der Waals surface area (Å²) in [6.45, 7) is 1.06. The molecule has 0 bridgehead atoms. The molecule has 1 aromatic rings. The molecule has 0 spiro atoms. The first kappa shape index (κ1) is 12.3.